The number of thiazole rings is 1. The number of aryl methyl sites for hydroxylation is 1. The first-order valence-corrected chi connectivity index (χ1v) is 9.20. The number of hydrogen-bond acceptors (Lipinski definition) is 5. The Balaban J connectivity index is 2.46. The molecule has 2 atom stereocenters. The monoisotopic (exact) mass is 357 g/mol. The number of nitrogens with two attached hydrogens (primary N) is 1. The Kier molecular flexibility index (Phi) is 5.40. The SMILES string of the molecule is Cc1nc(N)sc1[C@H](N[S+]([O-])C(C)(C)C)c1ccccc1Cl. The van der Waals surface area contributed by atoms with E-state index < -0.39 is 11.4 Å². The number of aromatic nitrogens is 1. The Bertz CT molecular complexity index is 654. The minimum atomic E-state index is -1.25. The van der Waals surface area contributed by atoms with Crippen molar-refractivity contribution < 1.29 is 4.55 Å². The Morgan fingerprint density at radius 1 is 1.36 bits per heavy atom. The number of benzene rings is 1. The molecule has 120 valence electrons. The lowest BCUT2D eigenvalue weighted by atomic mass is 10.1. The van der Waals surface area contributed by atoms with Gasteiger partial charge in [0.25, 0.3) is 0 Å². The van der Waals surface area contributed by atoms with E-state index in [1.165, 1.54) is 11.3 Å². The molecule has 1 aromatic heterocycles. The molecule has 7 heteroatoms. The molecule has 4 nitrogen and oxygen atoms in total. The van der Waals surface area contributed by atoms with E-state index in [9.17, 15) is 4.55 Å². The Labute approximate surface area is 143 Å². The standard InChI is InChI=1S/C15H20ClN3OS2/c1-9-13(21-14(17)18-9)12(19-22(20)15(2,3)4)10-7-5-6-8-11(10)16/h5-8,12,19H,1-4H3,(H2,17,18)/t12-,22?/m1/s1. The number of hydrogen-bond donors (Lipinski definition) is 2. The summed E-state index contributed by atoms with van der Waals surface area (Å²) < 4.78 is 15.4. The first-order valence-electron chi connectivity index (χ1n) is 6.85. The molecule has 0 aliphatic heterocycles. The highest BCUT2D eigenvalue weighted by Gasteiger charge is 2.33. The van der Waals surface area contributed by atoms with E-state index in [2.05, 4.69) is 9.71 Å². The van der Waals surface area contributed by atoms with Gasteiger partial charge in [-0.3, -0.25) is 0 Å². The number of nitrogens with zero attached hydrogens (tertiary/aromatic N) is 1. The van der Waals surface area contributed by atoms with Crippen LogP contribution in [0.4, 0.5) is 5.13 Å². The van der Waals surface area contributed by atoms with Gasteiger partial charge in [0.2, 0.25) is 0 Å². The minimum Gasteiger partial charge on any atom is -0.598 e. The lowest BCUT2D eigenvalue weighted by molar-refractivity contribution is 0.536. The van der Waals surface area contributed by atoms with E-state index in [-0.39, 0.29) is 10.8 Å². The molecule has 0 fully saturated rings. The zero-order chi connectivity index (χ0) is 16.5. The van der Waals surface area contributed by atoms with Crippen LogP contribution in [-0.4, -0.2) is 14.3 Å². The van der Waals surface area contributed by atoms with Gasteiger partial charge >= 0.3 is 0 Å². The Morgan fingerprint density at radius 3 is 2.50 bits per heavy atom. The van der Waals surface area contributed by atoms with Gasteiger partial charge in [0.05, 0.1) is 10.6 Å². The zero-order valence-electron chi connectivity index (χ0n) is 13.0. The van der Waals surface area contributed by atoms with Crippen LogP contribution in [-0.2, 0) is 11.4 Å². The second kappa shape index (κ2) is 6.76. The molecule has 3 N–H and O–H groups in total. The second-order valence-corrected chi connectivity index (χ2v) is 9.42. The number of nitrogen functional groups attached to an aromatic ring is 1. The van der Waals surface area contributed by atoms with Gasteiger partial charge in [-0.2, -0.15) is 0 Å². The topological polar surface area (TPSA) is 74.0 Å². The van der Waals surface area contributed by atoms with Gasteiger partial charge in [-0.15, -0.1) is 4.72 Å². The van der Waals surface area contributed by atoms with E-state index in [1.54, 1.807) is 0 Å². The molecular weight excluding hydrogens is 338 g/mol. The summed E-state index contributed by atoms with van der Waals surface area (Å²) in [6.07, 6.45) is 0. The van der Waals surface area contributed by atoms with Crippen LogP contribution in [0, 0.1) is 6.92 Å². The fourth-order valence-electron chi connectivity index (χ4n) is 1.95. The largest absolute Gasteiger partial charge is 0.598 e. The zero-order valence-corrected chi connectivity index (χ0v) is 15.4. The summed E-state index contributed by atoms with van der Waals surface area (Å²) >= 11 is 6.48. The van der Waals surface area contributed by atoms with E-state index >= 15 is 0 Å². The normalized spacial score (nSPS) is 14.8. The summed E-state index contributed by atoms with van der Waals surface area (Å²) in [5.41, 5.74) is 7.51. The van der Waals surface area contributed by atoms with Gasteiger partial charge in [-0.1, -0.05) is 41.1 Å². The van der Waals surface area contributed by atoms with E-state index in [4.69, 9.17) is 17.3 Å². The maximum Gasteiger partial charge on any atom is 0.180 e. The molecule has 2 rings (SSSR count). The van der Waals surface area contributed by atoms with Gasteiger partial charge in [-0.25, -0.2) is 4.98 Å². The third kappa shape index (κ3) is 3.94. The molecule has 0 bridgehead atoms. The summed E-state index contributed by atoms with van der Waals surface area (Å²) in [5, 5.41) is 1.12. The fraction of sp³-hybridized carbons (Fsp3) is 0.400. The summed E-state index contributed by atoms with van der Waals surface area (Å²) in [6, 6.07) is 7.23. The van der Waals surface area contributed by atoms with Crippen LogP contribution < -0.4 is 10.5 Å². The summed E-state index contributed by atoms with van der Waals surface area (Å²) in [5.74, 6) is 0. The molecule has 1 unspecified atom stereocenters. The van der Waals surface area contributed by atoms with Crippen LogP contribution in [0.25, 0.3) is 0 Å². The van der Waals surface area contributed by atoms with Crippen molar-refractivity contribution in [2.75, 3.05) is 5.73 Å². The molecule has 0 spiro atoms. The van der Waals surface area contributed by atoms with Gasteiger partial charge in [-0.05, 0) is 39.3 Å². The van der Waals surface area contributed by atoms with Crippen molar-refractivity contribution in [3.63, 3.8) is 0 Å². The molecule has 1 aromatic carbocycles. The highest BCUT2D eigenvalue weighted by molar-refractivity contribution is 7.90. The minimum absolute atomic E-state index is 0.302. The molecule has 1 heterocycles. The van der Waals surface area contributed by atoms with Crippen molar-refractivity contribution in [3.8, 4) is 0 Å². The van der Waals surface area contributed by atoms with Crippen molar-refractivity contribution in [2.45, 2.75) is 38.5 Å². The van der Waals surface area contributed by atoms with Crippen LogP contribution in [0.2, 0.25) is 5.02 Å². The van der Waals surface area contributed by atoms with Crippen LogP contribution in [0.15, 0.2) is 24.3 Å². The van der Waals surface area contributed by atoms with Gasteiger partial charge in [0, 0.05) is 16.4 Å². The van der Waals surface area contributed by atoms with Crippen molar-refractivity contribution in [1.82, 2.24) is 9.71 Å². The smallest absolute Gasteiger partial charge is 0.180 e. The highest BCUT2D eigenvalue weighted by Crippen LogP contribution is 2.35. The molecular formula is C15H20ClN3OS2. The van der Waals surface area contributed by atoms with Gasteiger partial charge < -0.3 is 10.3 Å². The van der Waals surface area contributed by atoms with Crippen LogP contribution in [0.5, 0.6) is 0 Å². The van der Waals surface area contributed by atoms with E-state index in [0.29, 0.717) is 10.2 Å². The van der Waals surface area contributed by atoms with Gasteiger partial charge in [0.15, 0.2) is 5.13 Å². The molecule has 0 aliphatic carbocycles. The molecule has 0 aliphatic rings. The van der Waals surface area contributed by atoms with Crippen molar-refractivity contribution in [3.05, 3.63) is 45.4 Å². The average molecular weight is 358 g/mol. The summed E-state index contributed by atoms with van der Waals surface area (Å²) in [4.78, 5) is 5.20. The van der Waals surface area contributed by atoms with E-state index in [1.807, 2.05) is 52.0 Å². The average Bonchev–Trinajstić information content (AvgIpc) is 2.74. The molecule has 2 aromatic rings. The molecule has 22 heavy (non-hydrogen) atoms. The first-order chi connectivity index (χ1) is 10.2. The fourth-order valence-corrected chi connectivity index (χ4v) is 3.99. The predicted octanol–water partition coefficient (Wildman–Crippen LogP) is 3.83. The molecule has 0 radical (unpaired) electrons. The van der Waals surface area contributed by atoms with Gasteiger partial charge in [0.1, 0.15) is 10.8 Å². The first kappa shape index (κ1) is 17.6. The molecule has 0 saturated heterocycles. The second-order valence-electron chi connectivity index (χ2n) is 5.96. The predicted molar refractivity (Wildman–Crippen MR) is 95.6 cm³/mol. The maximum absolute atomic E-state index is 12.6. The molecule has 0 saturated carbocycles. The maximum atomic E-state index is 12.6. The highest BCUT2D eigenvalue weighted by atomic mass is 35.5. The van der Waals surface area contributed by atoms with Crippen LogP contribution >= 0.6 is 22.9 Å². The van der Waals surface area contributed by atoms with Crippen molar-refractivity contribution in [2.24, 2.45) is 0 Å². The number of halogens is 1. The van der Waals surface area contributed by atoms with Crippen molar-refractivity contribution >= 4 is 39.4 Å². The van der Waals surface area contributed by atoms with Crippen LogP contribution in [0.1, 0.15) is 42.9 Å². The van der Waals surface area contributed by atoms with E-state index in [0.717, 1.165) is 16.1 Å². The third-order valence-corrected chi connectivity index (χ3v) is 6.07. The molecule has 0 amide bonds. The number of nitrogens with one attached hydrogen (secondary N) is 1. The Hall–Kier alpha value is -0.790. The third-order valence-electron chi connectivity index (χ3n) is 3.11. The summed E-state index contributed by atoms with van der Waals surface area (Å²) in [7, 11) is 0. The van der Waals surface area contributed by atoms with Crippen molar-refractivity contribution in [1.29, 1.82) is 0 Å². The lowest BCUT2D eigenvalue weighted by Gasteiger charge is -2.28. The number of anilines is 1. The summed E-state index contributed by atoms with van der Waals surface area (Å²) in [6.45, 7) is 7.67. The quantitative estimate of drug-likeness (QED) is 0.815. The van der Waals surface area contributed by atoms with Crippen LogP contribution in [0.3, 0.4) is 0 Å². The Morgan fingerprint density at radius 2 is 2.00 bits per heavy atom. The lowest BCUT2D eigenvalue weighted by Crippen LogP contribution is -2.41. The number of rotatable bonds is 4.